The third-order valence-electron chi connectivity index (χ3n) is 2.58. The molecule has 6 nitrogen and oxygen atoms in total. The molecule has 3 N–H and O–H groups in total. The van der Waals surface area contributed by atoms with Gasteiger partial charge in [0.15, 0.2) is 5.11 Å². The molecule has 0 spiro atoms. The minimum atomic E-state index is -0.385. The highest BCUT2D eigenvalue weighted by Crippen LogP contribution is 2.26. The molecule has 126 valence electrons. The molecular formula is C15H20BrN3O3S. The molecule has 0 saturated carbocycles. The second-order valence-corrected chi connectivity index (χ2v) is 6.28. The molecule has 1 aromatic carbocycles. The Morgan fingerprint density at radius 2 is 2.00 bits per heavy atom. The van der Waals surface area contributed by atoms with Crippen LogP contribution < -0.4 is 20.9 Å². The highest BCUT2D eigenvalue weighted by molar-refractivity contribution is 9.10. The quantitative estimate of drug-likeness (QED) is 0.521. The second-order valence-electron chi connectivity index (χ2n) is 5.02. The average molecular weight is 402 g/mol. The van der Waals surface area contributed by atoms with Crippen LogP contribution >= 0.6 is 28.1 Å². The Kier molecular flexibility index (Phi) is 7.97. The lowest BCUT2D eigenvalue weighted by Crippen LogP contribution is -2.48. The predicted octanol–water partition coefficient (Wildman–Crippen LogP) is 2.67. The van der Waals surface area contributed by atoms with Crippen molar-refractivity contribution in [1.29, 1.82) is 0 Å². The molecule has 23 heavy (non-hydrogen) atoms. The van der Waals surface area contributed by atoms with Crippen LogP contribution in [0.1, 0.15) is 44.0 Å². The summed E-state index contributed by atoms with van der Waals surface area (Å²) in [6.45, 7) is 5.73. The number of ether oxygens (including phenoxy) is 1. The van der Waals surface area contributed by atoms with E-state index in [2.05, 4.69) is 32.1 Å². The molecule has 1 aromatic rings. The maximum absolute atomic E-state index is 12.1. The lowest BCUT2D eigenvalue weighted by Gasteiger charge is -2.13. The van der Waals surface area contributed by atoms with Crippen molar-refractivity contribution in [2.24, 2.45) is 0 Å². The number of hydrogen-bond donors (Lipinski definition) is 3. The van der Waals surface area contributed by atoms with Gasteiger partial charge in [-0.3, -0.25) is 25.8 Å². The molecule has 0 bridgehead atoms. The predicted molar refractivity (Wildman–Crippen MR) is 96.2 cm³/mol. The Hall–Kier alpha value is -1.67. The summed E-state index contributed by atoms with van der Waals surface area (Å²) in [6, 6.07) is 4.99. The first-order valence-electron chi connectivity index (χ1n) is 7.19. The van der Waals surface area contributed by atoms with Crippen molar-refractivity contribution in [1.82, 2.24) is 16.2 Å². The van der Waals surface area contributed by atoms with E-state index in [0.717, 1.165) is 6.42 Å². The van der Waals surface area contributed by atoms with E-state index in [9.17, 15) is 9.59 Å². The van der Waals surface area contributed by atoms with Crippen LogP contribution in [0, 0.1) is 0 Å². The Morgan fingerprint density at radius 3 is 2.57 bits per heavy atom. The van der Waals surface area contributed by atoms with Gasteiger partial charge in [-0.05, 0) is 66.6 Å². The number of halogens is 1. The van der Waals surface area contributed by atoms with Crippen molar-refractivity contribution in [3.05, 3.63) is 28.2 Å². The Labute approximate surface area is 149 Å². The zero-order valence-corrected chi connectivity index (χ0v) is 15.6. The van der Waals surface area contributed by atoms with Crippen molar-refractivity contribution in [3.63, 3.8) is 0 Å². The first-order chi connectivity index (χ1) is 10.8. The van der Waals surface area contributed by atoms with Crippen LogP contribution in [-0.2, 0) is 4.79 Å². The third kappa shape index (κ3) is 6.96. The van der Waals surface area contributed by atoms with Gasteiger partial charge in [-0.2, -0.15) is 0 Å². The number of benzene rings is 1. The number of carbonyl (C=O) groups is 2. The Morgan fingerprint density at radius 1 is 1.30 bits per heavy atom. The number of amides is 2. The molecule has 0 aliphatic carbocycles. The molecule has 0 saturated heterocycles. The first-order valence-corrected chi connectivity index (χ1v) is 8.40. The first kappa shape index (κ1) is 19.4. The van der Waals surface area contributed by atoms with Gasteiger partial charge < -0.3 is 4.74 Å². The fraction of sp³-hybridized carbons (Fsp3) is 0.400. The van der Waals surface area contributed by atoms with Gasteiger partial charge in [0, 0.05) is 12.0 Å². The fourth-order valence-corrected chi connectivity index (χ4v) is 2.23. The van der Waals surface area contributed by atoms with Gasteiger partial charge in [0.25, 0.3) is 5.91 Å². The summed E-state index contributed by atoms with van der Waals surface area (Å²) in [6.07, 6.45) is 1.15. The standard InChI is InChI=1S/C15H20BrN3O3S/c1-4-5-13(20)18-19-15(23)17-14(21)10-6-7-12(11(16)8-10)22-9(2)3/h6-9H,4-5H2,1-3H3,(H,18,20)(H2,17,19,21,23). The zero-order valence-electron chi connectivity index (χ0n) is 13.2. The minimum Gasteiger partial charge on any atom is -0.490 e. The lowest BCUT2D eigenvalue weighted by atomic mass is 10.2. The van der Waals surface area contributed by atoms with Crippen LogP contribution in [0.15, 0.2) is 22.7 Å². The summed E-state index contributed by atoms with van der Waals surface area (Å²) in [7, 11) is 0. The van der Waals surface area contributed by atoms with Gasteiger partial charge >= 0.3 is 0 Å². The molecule has 0 unspecified atom stereocenters. The van der Waals surface area contributed by atoms with Gasteiger partial charge in [-0.15, -0.1) is 0 Å². The summed E-state index contributed by atoms with van der Waals surface area (Å²) < 4.78 is 6.26. The van der Waals surface area contributed by atoms with Gasteiger partial charge in [0.05, 0.1) is 10.6 Å². The van der Waals surface area contributed by atoms with Gasteiger partial charge in [0.2, 0.25) is 5.91 Å². The maximum atomic E-state index is 12.1. The molecule has 0 aliphatic heterocycles. The number of hydrogen-bond acceptors (Lipinski definition) is 4. The van der Waals surface area contributed by atoms with Crippen LogP contribution in [0.3, 0.4) is 0 Å². The SMILES string of the molecule is CCCC(=O)NNC(=S)NC(=O)c1ccc(OC(C)C)c(Br)c1. The van der Waals surface area contributed by atoms with Gasteiger partial charge in [0.1, 0.15) is 5.75 Å². The summed E-state index contributed by atoms with van der Waals surface area (Å²) in [5.74, 6) is 0.0788. The number of nitrogens with one attached hydrogen (secondary N) is 3. The van der Waals surface area contributed by atoms with Gasteiger partial charge in [-0.25, -0.2) is 0 Å². The maximum Gasteiger partial charge on any atom is 0.257 e. The molecular weight excluding hydrogens is 382 g/mol. The second kappa shape index (κ2) is 9.46. The summed E-state index contributed by atoms with van der Waals surface area (Å²) >= 11 is 8.32. The van der Waals surface area contributed by atoms with E-state index < -0.39 is 0 Å². The van der Waals surface area contributed by atoms with E-state index in [1.54, 1.807) is 18.2 Å². The topological polar surface area (TPSA) is 79.5 Å². The van der Waals surface area contributed by atoms with Crippen molar-refractivity contribution < 1.29 is 14.3 Å². The highest BCUT2D eigenvalue weighted by atomic mass is 79.9. The van der Waals surface area contributed by atoms with E-state index in [4.69, 9.17) is 17.0 Å². The van der Waals surface area contributed by atoms with Crippen molar-refractivity contribution in [3.8, 4) is 5.75 Å². The summed E-state index contributed by atoms with van der Waals surface area (Å²) in [4.78, 5) is 23.4. The van der Waals surface area contributed by atoms with E-state index >= 15 is 0 Å². The van der Waals surface area contributed by atoms with Crippen LogP contribution in [0.5, 0.6) is 5.75 Å². The Balaban J connectivity index is 2.59. The number of carbonyl (C=O) groups excluding carboxylic acids is 2. The third-order valence-corrected chi connectivity index (χ3v) is 3.40. The lowest BCUT2D eigenvalue weighted by molar-refractivity contribution is -0.121. The molecule has 0 heterocycles. The number of thiocarbonyl (C=S) groups is 1. The zero-order chi connectivity index (χ0) is 17.4. The molecule has 2 amide bonds. The summed E-state index contributed by atoms with van der Waals surface area (Å²) in [5.41, 5.74) is 5.31. The highest BCUT2D eigenvalue weighted by Gasteiger charge is 2.11. The average Bonchev–Trinajstić information content (AvgIpc) is 2.47. The molecule has 0 fully saturated rings. The van der Waals surface area contributed by atoms with Crippen molar-refractivity contribution in [2.45, 2.75) is 39.7 Å². The molecule has 0 aromatic heterocycles. The van der Waals surface area contributed by atoms with Gasteiger partial charge in [-0.1, -0.05) is 6.92 Å². The van der Waals surface area contributed by atoms with Crippen LogP contribution in [-0.4, -0.2) is 23.0 Å². The van der Waals surface area contributed by atoms with E-state index in [0.29, 0.717) is 22.2 Å². The van der Waals surface area contributed by atoms with Crippen molar-refractivity contribution in [2.75, 3.05) is 0 Å². The smallest absolute Gasteiger partial charge is 0.257 e. The van der Waals surface area contributed by atoms with Crippen LogP contribution in [0.4, 0.5) is 0 Å². The monoisotopic (exact) mass is 401 g/mol. The minimum absolute atomic E-state index is 0.0260. The number of hydrazine groups is 1. The molecule has 0 aliphatic rings. The summed E-state index contributed by atoms with van der Waals surface area (Å²) in [5, 5.41) is 2.51. The van der Waals surface area contributed by atoms with Crippen LogP contribution in [0.2, 0.25) is 0 Å². The molecule has 1 rings (SSSR count). The van der Waals surface area contributed by atoms with Crippen LogP contribution in [0.25, 0.3) is 0 Å². The fourth-order valence-electron chi connectivity index (χ4n) is 1.61. The normalized spacial score (nSPS) is 10.1. The molecule has 0 radical (unpaired) electrons. The van der Waals surface area contributed by atoms with E-state index in [1.165, 1.54) is 0 Å². The number of rotatable bonds is 5. The van der Waals surface area contributed by atoms with E-state index in [1.807, 2.05) is 20.8 Å². The molecule has 8 heteroatoms. The molecule has 0 atom stereocenters. The van der Waals surface area contributed by atoms with E-state index in [-0.39, 0.29) is 23.0 Å². The largest absolute Gasteiger partial charge is 0.490 e. The Bertz CT molecular complexity index is 593. The van der Waals surface area contributed by atoms with Crippen molar-refractivity contribution >= 4 is 45.1 Å².